The van der Waals surface area contributed by atoms with E-state index in [1.165, 1.54) is 10.9 Å². The Hall–Kier alpha value is -2.21. The number of aryl methyl sites for hydroxylation is 1. The molecular weight excluding hydrogens is 250 g/mol. The predicted molar refractivity (Wildman–Crippen MR) is 68.0 cm³/mol. The van der Waals surface area contributed by atoms with Crippen LogP contribution in [0.5, 0.6) is 0 Å². The highest BCUT2D eigenvalue weighted by atomic mass is 32.1. The van der Waals surface area contributed by atoms with Crippen LogP contribution in [0.25, 0.3) is 16.2 Å². The summed E-state index contributed by atoms with van der Waals surface area (Å²) in [5, 5.41) is 13.0. The fourth-order valence-corrected chi connectivity index (χ4v) is 2.64. The summed E-state index contributed by atoms with van der Waals surface area (Å²) < 4.78 is 1.56. The number of carboxylic acids is 1. The molecule has 0 saturated carbocycles. The third-order valence-corrected chi connectivity index (χ3v) is 3.59. The van der Waals surface area contributed by atoms with E-state index in [1.54, 1.807) is 22.0 Å². The highest BCUT2D eigenvalue weighted by molar-refractivity contribution is 7.15. The van der Waals surface area contributed by atoms with Crippen LogP contribution in [0.15, 0.2) is 30.5 Å². The van der Waals surface area contributed by atoms with Crippen molar-refractivity contribution < 1.29 is 9.90 Å². The number of thiophene rings is 1. The van der Waals surface area contributed by atoms with Gasteiger partial charge in [0, 0.05) is 17.1 Å². The van der Waals surface area contributed by atoms with Gasteiger partial charge in [0.1, 0.15) is 0 Å². The summed E-state index contributed by atoms with van der Waals surface area (Å²) in [7, 11) is 0. The van der Waals surface area contributed by atoms with Crippen LogP contribution in [0.1, 0.15) is 15.4 Å². The van der Waals surface area contributed by atoms with Gasteiger partial charge in [-0.3, -0.25) is 0 Å². The smallest absolute Gasteiger partial charge is 0.356 e. The van der Waals surface area contributed by atoms with E-state index in [1.807, 2.05) is 25.1 Å². The van der Waals surface area contributed by atoms with E-state index >= 15 is 0 Å². The Morgan fingerprint density at radius 2 is 2.22 bits per heavy atom. The van der Waals surface area contributed by atoms with Gasteiger partial charge in [-0.2, -0.15) is 5.10 Å². The molecule has 0 spiro atoms. The van der Waals surface area contributed by atoms with E-state index < -0.39 is 5.97 Å². The van der Waals surface area contributed by atoms with Crippen molar-refractivity contribution in [2.45, 2.75) is 6.92 Å². The first kappa shape index (κ1) is 10.9. The highest BCUT2D eigenvalue weighted by Gasteiger charge is 2.13. The zero-order valence-electron chi connectivity index (χ0n) is 9.49. The number of aromatic nitrogens is 3. The number of nitrogens with zero attached hydrogens (tertiary/aromatic N) is 3. The highest BCUT2D eigenvalue weighted by Crippen LogP contribution is 2.27. The van der Waals surface area contributed by atoms with Crippen molar-refractivity contribution in [2.75, 3.05) is 0 Å². The minimum atomic E-state index is -1.05. The van der Waals surface area contributed by atoms with Gasteiger partial charge in [-0.1, -0.05) is 0 Å². The van der Waals surface area contributed by atoms with Crippen molar-refractivity contribution in [2.24, 2.45) is 0 Å². The van der Waals surface area contributed by atoms with E-state index in [0.717, 1.165) is 10.6 Å². The maximum Gasteiger partial charge on any atom is 0.356 e. The molecule has 0 radical (unpaired) electrons. The number of aromatic carboxylic acids is 1. The molecule has 0 bridgehead atoms. The Labute approximate surface area is 106 Å². The minimum absolute atomic E-state index is 0.00299. The van der Waals surface area contributed by atoms with E-state index in [2.05, 4.69) is 10.1 Å². The van der Waals surface area contributed by atoms with Crippen LogP contribution in [0.3, 0.4) is 0 Å². The molecule has 1 N–H and O–H groups in total. The Bertz CT molecular complexity index is 745. The molecule has 0 aliphatic rings. The SMILES string of the molecule is Cc1ccc(-c2ccnc3cc(C(=O)O)nn23)s1. The number of carbonyl (C=O) groups is 1. The summed E-state index contributed by atoms with van der Waals surface area (Å²) in [4.78, 5) is 17.3. The molecule has 3 aromatic heterocycles. The number of hydrogen-bond acceptors (Lipinski definition) is 4. The van der Waals surface area contributed by atoms with Crippen molar-refractivity contribution >= 4 is 23.0 Å². The molecule has 0 aromatic carbocycles. The quantitative estimate of drug-likeness (QED) is 0.767. The molecule has 3 heterocycles. The van der Waals surface area contributed by atoms with Crippen molar-refractivity contribution in [3.8, 4) is 10.6 Å². The van der Waals surface area contributed by atoms with Gasteiger partial charge in [0.25, 0.3) is 0 Å². The first-order valence-corrected chi connectivity index (χ1v) is 6.12. The maximum absolute atomic E-state index is 10.9. The van der Waals surface area contributed by atoms with Crippen LogP contribution in [0, 0.1) is 6.92 Å². The molecule has 18 heavy (non-hydrogen) atoms. The number of hydrogen-bond donors (Lipinski definition) is 1. The number of fused-ring (bicyclic) bond motifs is 1. The van der Waals surface area contributed by atoms with Gasteiger partial charge in [0.15, 0.2) is 11.3 Å². The number of rotatable bonds is 2. The van der Waals surface area contributed by atoms with Crippen LogP contribution in [-0.2, 0) is 0 Å². The number of carboxylic acid groups (broad SMARTS) is 1. The lowest BCUT2D eigenvalue weighted by atomic mass is 10.3. The summed E-state index contributed by atoms with van der Waals surface area (Å²) in [6, 6.07) is 7.31. The second kappa shape index (κ2) is 3.92. The summed E-state index contributed by atoms with van der Waals surface area (Å²) in [5.41, 5.74) is 1.39. The molecule has 90 valence electrons. The van der Waals surface area contributed by atoms with E-state index in [0.29, 0.717) is 5.65 Å². The lowest BCUT2D eigenvalue weighted by Gasteiger charge is -2.00. The second-order valence-corrected chi connectivity index (χ2v) is 5.13. The van der Waals surface area contributed by atoms with Crippen LogP contribution < -0.4 is 0 Å². The Morgan fingerprint density at radius 3 is 2.89 bits per heavy atom. The molecule has 0 aliphatic heterocycles. The molecule has 0 amide bonds. The first-order valence-electron chi connectivity index (χ1n) is 5.30. The molecule has 0 unspecified atom stereocenters. The van der Waals surface area contributed by atoms with Gasteiger partial charge in [-0.05, 0) is 25.1 Å². The third kappa shape index (κ3) is 1.67. The average Bonchev–Trinajstić information content (AvgIpc) is 2.94. The van der Waals surface area contributed by atoms with E-state index in [9.17, 15) is 4.79 Å². The van der Waals surface area contributed by atoms with Gasteiger partial charge in [-0.25, -0.2) is 14.3 Å². The topological polar surface area (TPSA) is 67.5 Å². The minimum Gasteiger partial charge on any atom is -0.476 e. The Balaban J connectivity index is 2.26. The average molecular weight is 259 g/mol. The van der Waals surface area contributed by atoms with Gasteiger partial charge in [-0.15, -0.1) is 11.3 Å². The standard InChI is InChI=1S/C12H9N3O2S/c1-7-2-3-10(18-7)9-4-5-13-11-6-8(12(16)17)14-15(9)11/h2-6H,1H3,(H,16,17). The lowest BCUT2D eigenvalue weighted by molar-refractivity contribution is 0.0690. The Kier molecular flexibility index (Phi) is 2.38. The van der Waals surface area contributed by atoms with Gasteiger partial charge in [0.05, 0.1) is 10.6 Å². The second-order valence-electron chi connectivity index (χ2n) is 3.85. The molecule has 3 rings (SSSR count). The molecule has 3 aromatic rings. The molecule has 0 aliphatic carbocycles. The van der Waals surface area contributed by atoms with Gasteiger partial charge >= 0.3 is 5.97 Å². The lowest BCUT2D eigenvalue weighted by Crippen LogP contribution is -1.99. The van der Waals surface area contributed by atoms with Crippen LogP contribution >= 0.6 is 11.3 Å². The maximum atomic E-state index is 10.9. The first-order chi connectivity index (χ1) is 8.65. The third-order valence-electron chi connectivity index (χ3n) is 2.57. The summed E-state index contributed by atoms with van der Waals surface area (Å²) >= 11 is 1.64. The van der Waals surface area contributed by atoms with Gasteiger partial charge in [0.2, 0.25) is 0 Å². The fourth-order valence-electron chi connectivity index (χ4n) is 1.76. The molecule has 5 nitrogen and oxygen atoms in total. The van der Waals surface area contributed by atoms with E-state index in [-0.39, 0.29) is 5.69 Å². The summed E-state index contributed by atoms with van der Waals surface area (Å²) in [5.74, 6) is -1.05. The normalized spacial score (nSPS) is 10.9. The monoisotopic (exact) mass is 259 g/mol. The van der Waals surface area contributed by atoms with Crippen molar-refractivity contribution in [1.82, 2.24) is 14.6 Å². The molecule has 6 heteroatoms. The van der Waals surface area contributed by atoms with Gasteiger partial charge < -0.3 is 5.11 Å². The van der Waals surface area contributed by atoms with Crippen LogP contribution in [0.2, 0.25) is 0 Å². The van der Waals surface area contributed by atoms with Crippen molar-refractivity contribution in [3.63, 3.8) is 0 Å². The molecule has 0 atom stereocenters. The molecule has 0 fully saturated rings. The summed E-state index contributed by atoms with van der Waals surface area (Å²) in [6.07, 6.45) is 1.66. The summed E-state index contributed by atoms with van der Waals surface area (Å²) in [6.45, 7) is 2.03. The largest absolute Gasteiger partial charge is 0.476 e. The Morgan fingerprint density at radius 1 is 1.39 bits per heavy atom. The zero-order valence-corrected chi connectivity index (χ0v) is 10.3. The fraction of sp³-hybridized carbons (Fsp3) is 0.0833. The molecule has 0 saturated heterocycles. The van der Waals surface area contributed by atoms with Crippen molar-refractivity contribution in [3.05, 3.63) is 41.0 Å². The predicted octanol–water partition coefficient (Wildman–Crippen LogP) is 2.46. The van der Waals surface area contributed by atoms with Crippen LogP contribution in [0.4, 0.5) is 0 Å². The van der Waals surface area contributed by atoms with Crippen molar-refractivity contribution in [1.29, 1.82) is 0 Å². The van der Waals surface area contributed by atoms with Crippen LogP contribution in [-0.4, -0.2) is 25.7 Å². The zero-order chi connectivity index (χ0) is 12.7. The van der Waals surface area contributed by atoms with E-state index in [4.69, 9.17) is 5.11 Å². The molecular formula is C12H9N3O2S.